The van der Waals surface area contributed by atoms with Crippen LogP contribution >= 0.6 is 0 Å². The Hall–Kier alpha value is -1.51. The number of amides is 1. The van der Waals surface area contributed by atoms with Crippen molar-refractivity contribution in [2.75, 3.05) is 14.2 Å². The fourth-order valence-corrected chi connectivity index (χ4v) is 2.30. The molecule has 2 rings (SSSR count). The second-order valence-corrected chi connectivity index (χ2v) is 4.15. The van der Waals surface area contributed by atoms with Gasteiger partial charge < -0.3 is 9.64 Å². The summed E-state index contributed by atoms with van der Waals surface area (Å²) in [4.78, 5) is 13.5. The van der Waals surface area contributed by atoms with E-state index in [0.717, 1.165) is 24.2 Å². The molecule has 0 bridgehead atoms. The number of carbonyl (C=O) groups excluding carboxylic acids is 1. The number of ether oxygens (including phenoxy) is 1. The third kappa shape index (κ3) is 1.90. The normalized spacial score (nSPS) is 21.0. The zero-order chi connectivity index (χ0) is 11.5. The Morgan fingerprint density at radius 2 is 2.12 bits per heavy atom. The zero-order valence-corrected chi connectivity index (χ0v) is 9.77. The monoisotopic (exact) mass is 219 g/mol. The molecule has 3 heteroatoms. The lowest BCUT2D eigenvalue weighted by molar-refractivity contribution is -0.134. The molecule has 1 aliphatic heterocycles. The van der Waals surface area contributed by atoms with Gasteiger partial charge in [0.05, 0.1) is 13.2 Å². The van der Waals surface area contributed by atoms with E-state index in [0.29, 0.717) is 6.42 Å². The highest BCUT2D eigenvalue weighted by molar-refractivity contribution is 5.77. The predicted molar refractivity (Wildman–Crippen MR) is 62.4 cm³/mol. The van der Waals surface area contributed by atoms with Crippen molar-refractivity contribution in [2.24, 2.45) is 0 Å². The summed E-state index contributed by atoms with van der Waals surface area (Å²) in [5.74, 6) is 1.09. The number of methoxy groups -OCH3 is 1. The van der Waals surface area contributed by atoms with Gasteiger partial charge in [0.15, 0.2) is 0 Å². The maximum atomic E-state index is 11.7. The first-order chi connectivity index (χ1) is 7.74. The summed E-state index contributed by atoms with van der Waals surface area (Å²) in [6.45, 7) is 0. The Morgan fingerprint density at radius 3 is 2.88 bits per heavy atom. The molecule has 0 saturated carbocycles. The summed E-state index contributed by atoms with van der Waals surface area (Å²) in [7, 11) is 3.54. The fraction of sp³-hybridized carbons (Fsp3) is 0.462. The van der Waals surface area contributed by atoms with Crippen molar-refractivity contribution in [1.29, 1.82) is 0 Å². The van der Waals surface area contributed by atoms with Gasteiger partial charge in [0.25, 0.3) is 0 Å². The van der Waals surface area contributed by atoms with Gasteiger partial charge >= 0.3 is 0 Å². The van der Waals surface area contributed by atoms with Crippen LogP contribution in [-0.2, 0) is 4.79 Å². The van der Waals surface area contributed by atoms with Gasteiger partial charge in [-0.15, -0.1) is 0 Å². The van der Waals surface area contributed by atoms with Gasteiger partial charge in [0.1, 0.15) is 5.75 Å². The van der Waals surface area contributed by atoms with E-state index < -0.39 is 0 Å². The molecule has 3 nitrogen and oxygen atoms in total. The third-order valence-corrected chi connectivity index (χ3v) is 3.23. The minimum absolute atomic E-state index is 0.164. The van der Waals surface area contributed by atoms with Gasteiger partial charge in [-0.2, -0.15) is 0 Å². The lowest BCUT2D eigenvalue weighted by Gasteiger charge is -2.33. The fourth-order valence-electron chi connectivity index (χ4n) is 2.30. The molecule has 0 radical (unpaired) electrons. The van der Waals surface area contributed by atoms with Crippen molar-refractivity contribution in [3.8, 4) is 5.75 Å². The van der Waals surface area contributed by atoms with Crippen LogP contribution in [-0.4, -0.2) is 25.0 Å². The highest BCUT2D eigenvalue weighted by Crippen LogP contribution is 2.35. The quantitative estimate of drug-likeness (QED) is 0.764. The van der Waals surface area contributed by atoms with Gasteiger partial charge in [0, 0.05) is 19.0 Å². The molecule has 1 aliphatic rings. The van der Waals surface area contributed by atoms with E-state index in [9.17, 15) is 4.79 Å². The number of likely N-dealkylation sites (tertiary alicyclic amines) is 1. The van der Waals surface area contributed by atoms with Crippen LogP contribution < -0.4 is 4.74 Å². The summed E-state index contributed by atoms with van der Waals surface area (Å²) in [6, 6.07) is 8.09. The maximum Gasteiger partial charge on any atom is 0.222 e. The Bertz CT molecular complexity index is 389. The Labute approximate surface area is 96.0 Å². The van der Waals surface area contributed by atoms with Crippen LogP contribution in [0.2, 0.25) is 0 Å². The van der Waals surface area contributed by atoms with Crippen LogP contribution in [0, 0.1) is 0 Å². The molecule has 1 saturated heterocycles. The number of benzene rings is 1. The lowest BCUT2D eigenvalue weighted by Crippen LogP contribution is -2.34. The van der Waals surface area contributed by atoms with Crippen molar-refractivity contribution < 1.29 is 9.53 Å². The third-order valence-electron chi connectivity index (χ3n) is 3.23. The topological polar surface area (TPSA) is 29.5 Å². The molecular formula is C13H17NO2. The molecule has 1 aromatic rings. The molecule has 0 aliphatic carbocycles. The molecule has 1 amide bonds. The van der Waals surface area contributed by atoms with Crippen LogP contribution in [0.4, 0.5) is 0 Å². The highest BCUT2D eigenvalue weighted by Gasteiger charge is 2.27. The molecule has 1 fully saturated rings. The van der Waals surface area contributed by atoms with E-state index in [-0.39, 0.29) is 11.9 Å². The van der Waals surface area contributed by atoms with Crippen LogP contribution in [0.25, 0.3) is 0 Å². The van der Waals surface area contributed by atoms with Crippen LogP contribution in [0.3, 0.4) is 0 Å². The highest BCUT2D eigenvalue weighted by atomic mass is 16.5. The van der Waals surface area contributed by atoms with E-state index in [1.54, 1.807) is 7.11 Å². The average Bonchev–Trinajstić information content (AvgIpc) is 2.33. The molecule has 1 aromatic carbocycles. The van der Waals surface area contributed by atoms with E-state index >= 15 is 0 Å². The Morgan fingerprint density at radius 1 is 1.38 bits per heavy atom. The molecule has 16 heavy (non-hydrogen) atoms. The van der Waals surface area contributed by atoms with Crippen molar-refractivity contribution in [3.63, 3.8) is 0 Å². The molecule has 1 atom stereocenters. The molecule has 1 unspecified atom stereocenters. The number of hydrogen-bond donors (Lipinski definition) is 0. The molecular weight excluding hydrogens is 202 g/mol. The van der Waals surface area contributed by atoms with Gasteiger partial charge in [-0.05, 0) is 18.9 Å². The smallest absolute Gasteiger partial charge is 0.222 e. The second kappa shape index (κ2) is 4.56. The number of rotatable bonds is 2. The number of hydrogen-bond acceptors (Lipinski definition) is 2. The average molecular weight is 219 g/mol. The van der Waals surface area contributed by atoms with Crippen molar-refractivity contribution in [2.45, 2.75) is 25.3 Å². The van der Waals surface area contributed by atoms with Crippen molar-refractivity contribution in [1.82, 2.24) is 4.90 Å². The van der Waals surface area contributed by atoms with E-state index in [1.165, 1.54) is 0 Å². The first-order valence-corrected chi connectivity index (χ1v) is 5.62. The number of piperidine rings is 1. The van der Waals surface area contributed by atoms with Gasteiger partial charge in [-0.1, -0.05) is 18.2 Å². The summed E-state index contributed by atoms with van der Waals surface area (Å²) < 4.78 is 5.34. The SMILES string of the molecule is COc1ccccc1C1CCCC(=O)N1C. The number of carbonyl (C=O) groups is 1. The number of para-hydroxylation sites is 1. The standard InChI is InChI=1S/C13H17NO2/c1-14-11(7-5-9-13(14)15)10-6-3-4-8-12(10)16-2/h3-4,6,8,11H,5,7,9H2,1-2H3. The van der Waals surface area contributed by atoms with Gasteiger partial charge in [0.2, 0.25) is 5.91 Å². The van der Waals surface area contributed by atoms with Crippen LogP contribution in [0.5, 0.6) is 5.75 Å². The minimum atomic E-state index is 0.164. The molecule has 0 aromatic heterocycles. The summed E-state index contributed by atoms with van der Waals surface area (Å²) in [5, 5.41) is 0. The Balaban J connectivity index is 2.32. The van der Waals surface area contributed by atoms with E-state index in [2.05, 4.69) is 0 Å². The molecule has 0 N–H and O–H groups in total. The predicted octanol–water partition coefficient (Wildman–Crippen LogP) is 2.38. The Kier molecular flexibility index (Phi) is 3.13. The summed E-state index contributed by atoms with van der Waals surface area (Å²) in [6.07, 6.45) is 2.65. The van der Waals surface area contributed by atoms with Crippen LogP contribution in [0.1, 0.15) is 30.9 Å². The minimum Gasteiger partial charge on any atom is -0.496 e. The van der Waals surface area contributed by atoms with E-state index in [4.69, 9.17) is 4.74 Å². The van der Waals surface area contributed by atoms with E-state index in [1.807, 2.05) is 36.2 Å². The van der Waals surface area contributed by atoms with Crippen LogP contribution in [0.15, 0.2) is 24.3 Å². The van der Waals surface area contributed by atoms with Gasteiger partial charge in [-0.3, -0.25) is 4.79 Å². The number of nitrogens with zero attached hydrogens (tertiary/aromatic N) is 1. The summed E-state index contributed by atoms with van der Waals surface area (Å²) >= 11 is 0. The molecule has 1 heterocycles. The second-order valence-electron chi connectivity index (χ2n) is 4.15. The first-order valence-electron chi connectivity index (χ1n) is 5.62. The van der Waals surface area contributed by atoms with Crippen molar-refractivity contribution in [3.05, 3.63) is 29.8 Å². The molecule has 0 spiro atoms. The lowest BCUT2D eigenvalue weighted by atomic mass is 9.95. The zero-order valence-electron chi connectivity index (χ0n) is 9.77. The van der Waals surface area contributed by atoms with Crippen molar-refractivity contribution >= 4 is 5.91 Å². The molecule has 86 valence electrons. The largest absolute Gasteiger partial charge is 0.496 e. The first kappa shape index (κ1) is 11.0. The maximum absolute atomic E-state index is 11.7. The summed E-state index contributed by atoms with van der Waals surface area (Å²) in [5.41, 5.74) is 1.11. The van der Waals surface area contributed by atoms with Gasteiger partial charge in [-0.25, -0.2) is 0 Å².